The van der Waals surface area contributed by atoms with Gasteiger partial charge < -0.3 is 11.1 Å². The van der Waals surface area contributed by atoms with Crippen molar-refractivity contribution >= 4 is 17.3 Å². The molecule has 2 rings (SSSR count). The van der Waals surface area contributed by atoms with E-state index in [-0.39, 0.29) is 5.69 Å². The van der Waals surface area contributed by atoms with E-state index >= 15 is 0 Å². The first-order chi connectivity index (χ1) is 9.47. The molecule has 0 fully saturated rings. The van der Waals surface area contributed by atoms with Crippen LogP contribution in [0.25, 0.3) is 0 Å². The number of nitro groups is 1. The minimum absolute atomic E-state index is 0.0421. The van der Waals surface area contributed by atoms with Gasteiger partial charge in [-0.3, -0.25) is 19.6 Å². The van der Waals surface area contributed by atoms with Crippen LogP contribution in [0.4, 0.5) is 11.4 Å². The molecule has 104 valence electrons. The Morgan fingerprint density at radius 2 is 2.10 bits per heavy atom. The number of aryl methyl sites for hydroxylation is 1. The highest BCUT2D eigenvalue weighted by Gasteiger charge is 2.17. The van der Waals surface area contributed by atoms with Crippen LogP contribution in [0.5, 0.6) is 0 Å². The van der Waals surface area contributed by atoms with Crippen LogP contribution < -0.4 is 11.1 Å². The topological polar surface area (TPSA) is 116 Å². The van der Waals surface area contributed by atoms with Gasteiger partial charge in [-0.1, -0.05) is 0 Å². The molecule has 1 unspecified atom stereocenters. The van der Waals surface area contributed by atoms with E-state index in [9.17, 15) is 14.9 Å². The van der Waals surface area contributed by atoms with Crippen molar-refractivity contribution in [3.63, 3.8) is 0 Å². The predicted octanol–water partition coefficient (Wildman–Crippen LogP) is 0.967. The molecular formula is C12H13N5O3. The lowest BCUT2D eigenvalue weighted by molar-refractivity contribution is -0.384. The van der Waals surface area contributed by atoms with Crippen molar-refractivity contribution in [2.45, 2.75) is 6.04 Å². The molecule has 3 N–H and O–H groups in total. The van der Waals surface area contributed by atoms with Gasteiger partial charge in [0.2, 0.25) is 5.91 Å². The summed E-state index contributed by atoms with van der Waals surface area (Å²) in [6.07, 6.45) is 3.17. The second-order valence-corrected chi connectivity index (χ2v) is 4.22. The fourth-order valence-electron chi connectivity index (χ4n) is 1.64. The zero-order chi connectivity index (χ0) is 14.7. The van der Waals surface area contributed by atoms with Crippen LogP contribution in [0.1, 0.15) is 11.6 Å². The van der Waals surface area contributed by atoms with E-state index in [1.807, 2.05) is 0 Å². The summed E-state index contributed by atoms with van der Waals surface area (Å²) in [5, 5.41) is 17.1. The van der Waals surface area contributed by atoms with Crippen LogP contribution in [0.2, 0.25) is 0 Å². The number of nitrogens with two attached hydrogens (primary N) is 1. The van der Waals surface area contributed by atoms with Crippen molar-refractivity contribution in [1.29, 1.82) is 0 Å². The number of aromatic nitrogens is 2. The van der Waals surface area contributed by atoms with E-state index in [1.165, 1.54) is 30.5 Å². The number of hydrogen-bond donors (Lipinski definition) is 2. The molecule has 20 heavy (non-hydrogen) atoms. The van der Waals surface area contributed by atoms with E-state index in [0.29, 0.717) is 11.3 Å². The number of benzene rings is 1. The molecule has 0 saturated heterocycles. The Kier molecular flexibility index (Phi) is 3.76. The molecule has 1 amide bonds. The Bertz CT molecular complexity index is 635. The quantitative estimate of drug-likeness (QED) is 0.637. The minimum atomic E-state index is -0.848. The van der Waals surface area contributed by atoms with Crippen LogP contribution in [0.3, 0.4) is 0 Å². The average Bonchev–Trinajstić information content (AvgIpc) is 2.85. The Balaban J connectivity index is 2.05. The maximum atomic E-state index is 11.9. The Labute approximate surface area is 114 Å². The zero-order valence-electron chi connectivity index (χ0n) is 10.7. The molecule has 8 nitrogen and oxygen atoms in total. The summed E-state index contributed by atoms with van der Waals surface area (Å²) in [6.45, 7) is 0. The number of nitrogens with zero attached hydrogens (tertiary/aromatic N) is 3. The van der Waals surface area contributed by atoms with Crippen LogP contribution in [0.15, 0.2) is 36.7 Å². The number of non-ortho nitro benzene ring substituents is 1. The Morgan fingerprint density at radius 1 is 1.45 bits per heavy atom. The SMILES string of the molecule is Cn1cc(C(N)C(=O)Nc2ccc([N+](=O)[O-])cc2)cn1. The maximum absolute atomic E-state index is 11.9. The number of nitrogens with one attached hydrogen (secondary N) is 1. The molecule has 0 aliphatic carbocycles. The summed E-state index contributed by atoms with van der Waals surface area (Å²) >= 11 is 0. The molecule has 8 heteroatoms. The number of carbonyl (C=O) groups is 1. The zero-order valence-corrected chi connectivity index (χ0v) is 10.7. The van der Waals surface area contributed by atoms with E-state index in [0.717, 1.165) is 0 Å². The number of anilines is 1. The molecule has 0 bridgehead atoms. The van der Waals surface area contributed by atoms with Crippen molar-refractivity contribution in [1.82, 2.24) is 9.78 Å². The number of nitro benzene ring substituents is 1. The lowest BCUT2D eigenvalue weighted by Crippen LogP contribution is -2.27. The van der Waals surface area contributed by atoms with Gasteiger partial charge in [0.1, 0.15) is 6.04 Å². The predicted molar refractivity (Wildman–Crippen MR) is 71.9 cm³/mol. The van der Waals surface area contributed by atoms with E-state index in [1.54, 1.807) is 17.9 Å². The third-order valence-electron chi connectivity index (χ3n) is 2.71. The van der Waals surface area contributed by atoms with Crippen LogP contribution >= 0.6 is 0 Å². The summed E-state index contributed by atoms with van der Waals surface area (Å²) in [6, 6.07) is 4.67. The first-order valence-corrected chi connectivity index (χ1v) is 5.77. The molecule has 0 aliphatic heterocycles. The standard InChI is InChI=1S/C12H13N5O3/c1-16-7-8(6-14-16)11(13)12(18)15-9-2-4-10(5-3-9)17(19)20/h2-7,11H,13H2,1H3,(H,15,18). The van der Waals surface area contributed by atoms with Crippen molar-refractivity contribution in [3.8, 4) is 0 Å². The van der Waals surface area contributed by atoms with Crippen molar-refractivity contribution in [3.05, 3.63) is 52.3 Å². The molecule has 2 aromatic rings. The molecule has 1 atom stereocenters. The fraction of sp³-hybridized carbons (Fsp3) is 0.167. The third kappa shape index (κ3) is 2.98. The van der Waals surface area contributed by atoms with Crippen LogP contribution in [0, 0.1) is 10.1 Å². The Morgan fingerprint density at radius 3 is 2.60 bits per heavy atom. The molecule has 0 saturated carbocycles. The van der Waals surface area contributed by atoms with Gasteiger partial charge in [-0.2, -0.15) is 5.10 Å². The molecule has 0 spiro atoms. The second kappa shape index (κ2) is 5.49. The highest BCUT2D eigenvalue weighted by Crippen LogP contribution is 2.17. The maximum Gasteiger partial charge on any atom is 0.269 e. The normalized spacial score (nSPS) is 11.9. The first kappa shape index (κ1) is 13.7. The van der Waals surface area contributed by atoms with E-state index in [4.69, 9.17) is 5.73 Å². The fourth-order valence-corrected chi connectivity index (χ4v) is 1.64. The average molecular weight is 275 g/mol. The minimum Gasteiger partial charge on any atom is -0.324 e. The highest BCUT2D eigenvalue weighted by atomic mass is 16.6. The summed E-state index contributed by atoms with van der Waals surface area (Å²) in [4.78, 5) is 21.9. The van der Waals surface area contributed by atoms with Gasteiger partial charge in [0, 0.05) is 36.6 Å². The Hall–Kier alpha value is -2.74. The number of amides is 1. The van der Waals surface area contributed by atoms with Crippen molar-refractivity contribution < 1.29 is 9.72 Å². The summed E-state index contributed by atoms with van der Waals surface area (Å²) < 4.78 is 1.55. The lowest BCUT2D eigenvalue weighted by atomic mass is 10.1. The first-order valence-electron chi connectivity index (χ1n) is 5.77. The van der Waals surface area contributed by atoms with Crippen molar-refractivity contribution in [2.75, 3.05) is 5.32 Å². The van der Waals surface area contributed by atoms with E-state index in [2.05, 4.69) is 10.4 Å². The van der Waals surface area contributed by atoms with Gasteiger partial charge in [0.05, 0.1) is 11.1 Å². The van der Waals surface area contributed by atoms with Gasteiger partial charge in [-0.25, -0.2) is 0 Å². The monoisotopic (exact) mass is 275 g/mol. The largest absolute Gasteiger partial charge is 0.324 e. The molecule has 1 heterocycles. The summed E-state index contributed by atoms with van der Waals surface area (Å²) in [5.74, 6) is -0.410. The molecular weight excluding hydrogens is 262 g/mol. The smallest absolute Gasteiger partial charge is 0.269 e. The van der Waals surface area contributed by atoms with Gasteiger partial charge in [0.25, 0.3) is 5.69 Å². The van der Waals surface area contributed by atoms with Crippen LogP contribution in [-0.4, -0.2) is 20.6 Å². The molecule has 0 aliphatic rings. The molecule has 1 aromatic heterocycles. The van der Waals surface area contributed by atoms with E-state index < -0.39 is 16.9 Å². The van der Waals surface area contributed by atoms with Gasteiger partial charge in [-0.05, 0) is 12.1 Å². The number of rotatable bonds is 4. The number of carbonyl (C=O) groups excluding carboxylic acids is 1. The second-order valence-electron chi connectivity index (χ2n) is 4.22. The third-order valence-corrected chi connectivity index (χ3v) is 2.71. The number of hydrogen-bond acceptors (Lipinski definition) is 5. The molecule has 1 aromatic carbocycles. The summed E-state index contributed by atoms with van der Waals surface area (Å²) in [7, 11) is 1.73. The molecule has 0 radical (unpaired) electrons. The van der Waals surface area contributed by atoms with Crippen LogP contribution in [-0.2, 0) is 11.8 Å². The van der Waals surface area contributed by atoms with Gasteiger partial charge in [0.15, 0.2) is 0 Å². The lowest BCUT2D eigenvalue weighted by Gasteiger charge is -2.10. The highest BCUT2D eigenvalue weighted by molar-refractivity contribution is 5.95. The van der Waals surface area contributed by atoms with Crippen molar-refractivity contribution in [2.24, 2.45) is 12.8 Å². The van der Waals surface area contributed by atoms with Gasteiger partial charge in [-0.15, -0.1) is 0 Å². The van der Waals surface area contributed by atoms with Gasteiger partial charge >= 0.3 is 0 Å². The summed E-state index contributed by atoms with van der Waals surface area (Å²) in [5.41, 5.74) is 6.80.